The summed E-state index contributed by atoms with van der Waals surface area (Å²) in [6.45, 7) is 0. The molecular formula is C9H7BrClNS. The number of fused-ring (bicyclic) bond motifs is 1. The number of hydrogen-bond donors (Lipinski definition) is 1. The van der Waals surface area contributed by atoms with Crippen LogP contribution in [0.4, 0.5) is 5.69 Å². The lowest BCUT2D eigenvalue weighted by Gasteiger charge is -2.04. The van der Waals surface area contributed by atoms with Crippen LogP contribution in [0.2, 0.25) is 0 Å². The molecule has 0 aliphatic heterocycles. The zero-order valence-electron chi connectivity index (χ0n) is 6.68. The van der Waals surface area contributed by atoms with E-state index in [1.165, 1.54) is 4.70 Å². The Bertz CT molecular complexity index is 452. The van der Waals surface area contributed by atoms with E-state index in [0.717, 1.165) is 21.1 Å². The largest absolute Gasteiger partial charge is 0.397 e. The highest BCUT2D eigenvalue weighted by Crippen LogP contribution is 2.35. The molecule has 2 aromatic rings. The first-order chi connectivity index (χ1) is 6.24. The number of nitrogen functional groups attached to an aromatic ring is 1. The van der Waals surface area contributed by atoms with E-state index < -0.39 is 0 Å². The van der Waals surface area contributed by atoms with Crippen LogP contribution in [-0.2, 0) is 5.88 Å². The van der Waals surface area contributed by atoms with Crippen molar-refractivity contribution in [2.24, 2.45) is 0 Å². The standard InChI is InChI=1S/C9H7BrClNS/c10-7-3-5(4-11)9-6(8(7)12)1-2-13-9/h1-3H,4,12H2. The molecule has 0 spiro atoms. The fourth-order valence-corrected chi connectivity index (χ4v) is 3.00. The van der Waals surface area contributed by atoms with Crippen LogP contribution in [0.5, 0.6) is 0 Å². The summed E-state index contributed by atoms with van der Waals surface area (Å²) in [6, 6.07) is 4.01. The number of benzene rings is 1. The summed E-state index contributed by atoms with van der Waals surface area (Å²) < 4.78 is 2.12. The number of nitrogens with two attached hydrogens (primary N) is 1. The van der Waals surface area contributed by atoms with E-state index in [-0.39, 0.29) is 0 Å². The summed E-state index contributed by atoms with van der Waals surface area (Å²) in [6.07, 6.45) is 0. The Kier molecular flexibility index (Phi) is 2.49. The predicted molar refractivity (Wildman–Crippen MR) is 63.5 cm³/mol. The third-order valence-corrected chi connectivity index (χ3v) is 3.88. The Balaban J connectivity index is 2.87. The Morgan fingerprint density at radius 3 is 3.00 bits per heavy atom. The maximum atomic E-state index is 5.90. The third kappa shape index (κ3) is 1.45. The predicted octanol–water partition coefficient (Wildman–Crippen LogP) is 3.98. The monoisotopic (exact) mass is 275 g/mol. The van der Waals surface area contributed by atoms with Gasteiger partial charge in [0.15, 0.2) is 0 Å². The van der Waals surface area contributed by atoms with Gasteiger partial charge in [-0.05, 0) is 39.0 Å². The van der Waals surface area contributed by atoms with Crippen molar-refractivity contribution in [3.8, 4) is 0 Å². The summed E-state index contributed by atoms with van der Waals surface area (Å²) >= 11 is 10.9. The third-order valence-electron chi connectivity index (χ3n) is 1.95. The molecule has 0 amide bonds. The molecule has 0 aliphatic rings. The van der Waals surface area contributed by atoms with Crippen LogP contribution in [-0.4, -0.2) is 0 Å². The molecule has 2 N–H and O–H groups in total. The summed E-state index contributed by atoms with van der Waals surface area (Å²) in [5.41, 5.74) is 7.83. The number of hydrogen-bond acceptors (Lipinski definition) is 2. The number of anilines is 1. The van der Waals surface area contributed by atoms with Crippen molar-refractivity contribution in [3.05, 3.63) is 27.5 Å². The van der Waals surface area contributed by atoms with Crippen LogP contribution in [0.15, 0.2) is 22.0 Å². The number of rotatable bonds is 1. The first kappa shape index (κ1) is 9.31. The van der Waals surface area contributed by atoms with Crippen molar-refractivity contribution in [2.75, 3.05) is 5.73 Å². The van der Waals surface area contributed by atoms with E-state index in [1.54, 1.807) is 11.3 Å². The normalized spacial score (nSPS) is 10.9. The molecule has 0 aliphatic carbocycles. The van der Waals surface area contributed by atoms with Gasteiger partial charge in [0, 0.05) is 20.4 Å². The first-order valence-corrected chi connectivity index (χ1v) is 5.94. The van der Waals surface area contributed by atoms with E-state index in [1.807, 2.05) is 17.5 Å². The molecule has 1 heterocycles. The zero-order valence-corrected chi connectivity index (χ0v) is 9.84. The minimum atomic E-state index is 0.524. The van der Waals surface area contributed by atoms with Gasteiger partial charge in [0.2, 0.25) is 0 Å². The molecule has 0 saturated heterocycles. The fourth-order valence-electron chi connectivity index (χ4n) is 1.29. The van der Waals surface area contributed by atoms with Crippen molar-refractivity contribution in [2.45, 2.75) is 5.88 Å². The number of thiophene rings is 1. The SMILES string of the molecule is Nc1c(Br)cc(CCl)c2sccc12. The van der Waals surface area contributed by atoms with Crippen LogP contribution in [0.25, 0.3) is 10.1 Å². The molecule has 68 valence electrons. The van der Waals surface area contributed by atoms with E-state index >= 15 is 0 Å². The molecule has 0 atom stereocenters. The molecule has 0 bridgehead atoms. The van der Waals surface area contributed by atoms with Gasteiger partial charge in [-0.25, -0.2) is 0 Å². The van der Waals surface area contributed by atoms with Gasteiger partial charge in [0.05, 0.1) is 5.69 Å². The molecule has 0 saturated carbocycles. The highest BCUT2D eigenvalue weighted by atomic mass is 79.9. The van der Waals surface area contributed by atoms with Gasteiger partial charge in [0.25, 0.3) is 0 Å². The first-order valence-electron chi connectivity index (χ1n) is 3.74. The Labute approximate surface area is 93.6 Å². The minimum Gasteiger partial charge on any atom is -0.397 e. The lowest BCUT2D eigenvalue weighted by Crippen LogP contribution is -1.89. The summed E-state index contributed by atoms with van der Waals surface area (Å²) in [7, 11) is 0. The molecule has 1 aromatic carbocycles. The van der Waals surface area contributed by atoms with E-state index in [4.69, 9.17) is 17.3 Å². The van der Waals surface area contributed by atoms with Crippen molar-refractivity contribution in [1.82, 2.24) is 0 Å². The molecule has 4 heteroatoms. The Morgan fingerprint density at radius 1 is 1.54 bits per heavy atom. The van der Waals surface area contributed by atoms with Crippen molar-refractivity contribution < 1.29 is 0 Å². The highest BCUT2D eigenvalue weighted by Gasteiger charge is 2.08. The van der Waals surface area contributed by atoms with Gasteiger partial charge in [-0.15, -0.1) is 22.9 Å². The van der Waals surface area contributed by atoms with E-state index in [2.05, 4.69) is 15.9 Å². The van der Waals surface area contributed by atoms with Crippen molar-refractivity contribution in [1.29, 1.82) is 0 Å². The van der Waals surface area contributed by atoms with E-state index in [0.29, 0.717) is 5.88 Å². The number of alkyl halides is 1. The van der Waals surface area contributed by atoms with Gasteiger partial charge in [0.1, 0.15) is 0 Å². The number of halogens is 2. The Hall–Kier alpha value is -0.250. The molecule has 2 rings (SSSR count). The van der Waals surface area contributed by atoms with Crippen LogP contribution < -0.4 is 5.73 Å². The second-order valence-corrected chi connectivity index (χ2v) is 4.77. The average molecular weight is 277 g/mol. The lowest BCUT2D eigenvalue weighted by atomic mass is 10.1. The molecular weight excluding hydrogens is 270 g/mol. The molecule has 0 radical (unpaired) electrons. The van der Waals surface area contributed by atoms with Gasteiger partial charge in [-0.3, -0.25) is 0 Å². The molecule has 13 heavy (non-hydrogen) atoms. The summed E-state index contributed by atoms with van der Waals surface area (Å²) in [4.78, 5) is 0. The molecule has 1 nitrogen and oxygen atoms in total. The maximum Gasteiger partial charge on any atom is 0.0546 e. The van der Waals surface area contributed by atoms with Crippen LogP contribution in [0.3, 0.4) is 0 Å². The zero-order chi connectivity index (χ0) is 9.42. The van der Waals surface area contributed by atoms with Crippen molar-refractivity contribution in [3.63, 3.8) is 0 Å². The van der Waals surface area contributed by atoms with Crippen LogP contribution in [0.1, 0.15) is 5.56 Å². The quantitative estimate of drug-likeness (QED) is 0.619. The highest BCUT2D eigenvalue weighted by molar-refractivity contribution is 9.10. The summed E-state index contributed by atoms with van der Waals surface area (Å²) in [5.74, 6) is 0.524. The average Bonchev–Trinajstić information content (AvgIpc) is 2.60. The van der Waals surface area contributed by atoms with Gasteiger partial charge in [-0.2, -0.15) is 0 Å². The van der Waals surface area contributed by atoms with E-state index in [9.17, 15) is 0 Å². The van der Waals surface area contributed by atoms with Gasteiger partial charge in [-0.1, -0.05) is 0 Å². The smallest absolute Gasteiger partial charge is 0.0546 e. The van der Waals surface area contributed by atoms with Crippen LogP contribution >= 0.6 is 38.9 Å². The fraction of sp³-hybridized carbons (Fsp3) is 0.111. The minimum absolute atomic E-state index is 0.524. The maximum absolute atomic E-state index is 5.90. The molecule has 1 aromatic heterocycles. The summed E-state index contributed by atoms with van der Waals surface area (Å²) in [5, 5.41) is 3.12. The molecule has 0 unspecified atom stereocenters. The Morgan fingerprint density at radius 2 is 2.31 bits per heavy atom. The topological polar surface area (TPSA) is 26.0 Å². The lowest BCUT2D eigenvalue weighted by molar-refractivity contribution is 1.46. The molecule has 0 fully saturated rings. The van der Waals surface area contributed by atoms with Gasteiger partial charge >= 0.3 is 0 Å². The van der Waals surface area contributed by atoms with Crippen LogP contribution in [0, 0.1) is 0 Å². The second kappa shape index (κ2) is 3.48. The van der Waals surface area contributed by atoms with Gasteiger partial charge < -0.3 is 5.73 Å². The second-order valence-electron chi connectivity index (χ2n) is 2.73. The van der Waals surface area contributed by atoms with Crippen molar-refractivity contribution >= 4 is 54.6 Å².